The first-order chi connectivity index (χ1) is 13.9. The van der Waals surface area contributed by atoms with Crippen LogP contribution in [0.5, 0.6) is 5.75 Å². The highest BCUT2D eigenvalue weighted by Gasteiger charge is 2.26. The van der Waals surface area contributed by atoms with E-state index in [1.807, 2.05) is 0 Å². The lowest BCUT2D eigenvalue weighted by Gasteiger charge is -2.21. The maximum Gasteiger partial charge on any atom is 0.243 e. The van der Waals surface area contributed by atoms with Gasteiger partial charge in [0.05, 0.1) is 24.1 Å². The molecule has 1 heterocycles. The average molecular weight is 437 g/mol. The number of ether oxygens (including phenoxy) is 1. The van der Waals surface area contributed by atoms with Gasteiger partial charge in [-0.15, -0.1) is 0 Å². The zero-order valence-electron chi connectivity index (χ0n) is 16.4. The Hall–Kier alpha value is -2.09. The van der Waals surface area contributed by atoms with Crippen LogP contribution in [0.4, 0.5) is 5.69 Å². The summed E-state index contributed by atoms with van der Waals surface area (Å²) < 4.78 is 33.0. The van der Waals surface area contributed by atoms with E-state index in [-0.39, 0.29) is 17.2 Å². The maximum atomic E-state index is 13.1. The van der Waals surface area contributed by atoms with Crippen molar-refractivity contribution in [2.24, 2.45) is 0 Å². The topological polar surface area (TPSA) is 75.7 Å². The fraction of sp³-hybridized carbons (Fsp3) is 0.381. The lowest BCUT2D eigenvalue weighted by atomic mass is 10.1. The molecule has 0 radical (unpaired) electrons. The van der Waals surface area contributed by atoms with Gasteiger partial charge < -0.3 is 10.1 Å². The molecule has 2 aromatic carbocycles. The number of carbonyl (C=O) groups is 1. The Balaban J connectivity index is 1.80. The summed E-state index contributed by atoms with van der Waals surface area (Å²) in [4.78, 5) is 12.6. The van der Waals surface area contributed by atoms with Crippen LogP contribution < -0.4 is 10.1 Å². The quantitative estimate of drug-likeness (QED) is 0.739. The van der Waals surface area contributed by atoms with Gasteiger partial charge in [-0.05, 0) is 48.7 Å². The Morgan fingerprint density at radius 1 is 1.07 bits per heavy atom. The van der Waals surface area contributed by atoms with Crippen LogP contribution in [0.3, 0.4) is 0 Å². The number of hydrogen-bond acceptors (Lipinski definition) is 4. The molecule has 29 heavy (non-hydrogen) atoms. The third kappa shape index (κ3) is 5.50. The van der Waals surface area contributed by atoms with Crippen molar-refractivity contribution >= 4 is 33.2 Å². The number of nitrogens with one attached hydrogen (secondary N) is 1. The molecule has 156 valence electrons. The van der Waals surface area contributed by atoms with Crippen LogP contribution in [0.1, 0.15) is 31.2 Å². The smallest absolute Gasteiger partial charge is 0.243 e. The van der Waals surface area contributed by atoms with Gasteiger partial charge in [-0.3, -0.25) is 4.79 Å². The molecular formula is C21H25ClN2O4S. The van der Waals surface area contributed by atoms with Crippen molar-refractivity contribution in [2.75, 3.05) is 25.5 Å². The SMILES string of the molecule is COc1ccc(S(=O)(=O)N2CCCCCC2)cc1NC(=O)Cc1ccc(Cl)cc1. The highest BCUT2D eigenvalue weighted by molar-refractivity contribution is 7.89. The third-order valence-corrected chi connectivity index (χ3v) is 7.07. The number of carbonyl (C=O) groups excluding carboxylic acids is 1. The van der Waals surface area contributed by atoms with E-state index >= 15 is 0 Å². The fourth-order valence-corrected chi connectivity index (χ4v) is 5.03. The number of benzene rings is 2. The number of anilines is 1. The molecule has 1 aliphatic rings. The molecule has 0 atom stereocenters. The van der Waals surface area contributed by atoms with E-state index in [0.717, 1.165) is 31.2 Å². The van der Waals surface area contributed by atoms with Crippen LogP contribution in [0, 0.1) is 0 Å². The Labute approximate surface area is 176 Å². The van der Waals surface area contributed by atoms with Gasteiger partial charge in [-0.25, -0.2) is 8.42 Å². The molecule has 1 amide bonds. The van der Waals surface area contributed by atoms with E-state index in [1.54, 1.807) is 30.3 Å². The molecule has 0 aliphatic carbocycles. The predicted molar refractivity (Wildman–Crippen MR) is 114 cm³/mol. The number of hydrogen-bond donors (Lipinski definition) is 1. The molecule has 1 aliphatic heterocycles. The zero-order valence-corrected chi connectivity index (χ0v) is 17.9. The lowest BCUT2D eigenvalue weighted by Crippen LogP contribution is -2.32. The van der Waals surface area contributed by atoms with E-state index in [4.69, 9.17) is 16.3 Å². The third-order valence-electron chi connectivity index (χ3n) is 4.93. The minimum absolute atomic E-state index is 0.142. The first-order valence-electron chi connectivity index (χ1n) is 9.62. The van der Waals surface area contributed by atoms with E-state index in [2.05, 4.69) is 5.32 Å². The normalized spacial score (nSPS) is 15.5. The second-order valence-electron chi connectivity index (χ2n) is 7.03. The Bertz CT molecular complexity index is 953. The van der Waals surface area contributed by atoms with Crippen molar-refractivity contribution in [1.29, 1.82) is 0 Å². The van der Waals surface area contributed by atoms with Crippen LogP contribution in [-0.2, 0) is 21.2 Å². The number of sulfonamides is 1. The van der Waals surface area contributed by atoms with Crippen LogP contribution in [0.2, 0.25) is 5.02 Å². The Kier molecular flexibility index (Phi) is 7.16. The number of rotatable bonds is 6. The summed E-state index contributed by atoms with van der Waals surface area (Å²) in [6.45, 7) is 1.04. The number of halogens is 1. The van der Waals surface area contributed by atoms with Crippen molar-refractivity contribution in [3.8, 4) is 5.75 Å². The summed E-state index contributed by atoms with van der Waals surface area (Å²) >= 11 is 5.87. The Morgan fingerprint density at radius 2 is 1.72 bits per heavy atom. The standard InChI is InChI=1S/C21H25ClN2O4S/c1-28-20-11-10-18(29(26,27)24-12-4-2-3-5-13-24)15-19(20)23-21(25)14-16-6-8-17(22)9-7-16/h6-11,15H,2-5,12-14H2,1H3,(H,23,25). The van der Waals surface area contributed by atoms with Gasteiger partial charge in [-0.1, -0.05) is 36.6 Å². The van der Waals surface area contributed by atoms with Crippen LogP contribution in [-0.4, -0.2) is 38.8 Å². The zero-order chi connectivity index (χ0) is 20.9. The lowest BCUT2D eigenvalue weighted by molar-refractivity contribution is -0.115. The Morgan fingerprint density at radius 3 is 2.34 bits per heavy atom. The second-order valence-corrected chi connectivity index (χ2v) is 9.41. The highest BCUT2D eigenvalue weighted by atomic mass is 35.5. The molecular weight excluding hydrogens is 412 g/mol. The number of amides is 1. The van der Waals surface area contributed by atoms with Crippen molar-refractivity contribution in [1.82, 2.24) is 4.31 Å². The van der Waals surface area contributed by atoms with Crippen molar-refractivity contribution < 1.29 is 17.9 Å². The molecule has 8 heteroatoms. The summed E-state index contributed by atoms with van der Waals surface area (Å²) in [5.74, 6) is 0.138. The van der Waals surface area contributed by atoms with Gasteiger partial charge in [0.1, 0.15) is 5.75 Å². The molecule has 1 saturated heterocycles. The molecule has 2 aromatic rings. The summed E-state index contributed by atoms with van der Waals surface area (Å²) in [6, 6.07) is 11.6. The van der Waals surface area contributed by atoms with E-state index < -0.39 is 10.0 Å². The van der Waals surface area contributed by atoms with E-state index in [9.17, 15) is 13.2 Å². The second kappa shape index (κ2) is 9.61. The molecule has 1 N–H and O–H groups in total. The molecule has 0 saturated carbocycles. The molecule has 1 fully saturated rings. The van der Waals surface area contributed by atoms with Crippen LogP contribution >= 0.6 is 11.6 Å². The summed E-state index contributed by atoms with van der Waals surface area (Å²) in [5, 5.41) is 3.37. The molecule has 0 bridgehead atoms. The summed E-state index contributed by atoms with van der Waals surface area (Å²) in [6.07, 6.45) is 3.95. The van der Waals surface area contributed by atoms with Gasteiger partial charge in [0.25, 0.3) is 0 Å². The predicted octanol–water partition coefficient (Wildman–Crippen LogP) is 4.09. The summed E-state index contributed by atoms with van der Waals surface area (Å²) in [7, 11) is -2.14. The van der Waals surface area contributed by atoms with Gasteiger partial charge in [-0.2, -0.15) is 4.31 Å². The molecule has 6 nitrogen and oxygen atoms in total. The van der Waals surface area contributed by atoms with E-state index in [1.165, 1.54) is 23.5 Å². The molecule has 3 rings (SSSR count). The highest BCUT2D eigenvalue weighted by Crippen LogP contribution is 2.30. The van der Waals surface area contributed by atoms with E-state index in [0.29, 0.717) is 29.5 Å². The van der Waals surface area contributed by atoms with Gasteiger partial charge in [0.15, 0.2) is 0 Å². The van der Waals surface area contributed by atoms with Gasteiger partial charge in [0, 0.05) is 18.1 Å². The van der Waals surface area contributed by atoms with Crippen molar-refractivity contribution in [2.45, 2.75) is 37.0 Å². The van der Waals surface area contributed by atoms with Crippen LogP contribution in [0.15, 0.2) is 47.4 Å². The monoisotopic (exact) mass is 436 g/mol. The minimum atomic E-state index is -3.62. The van der Waals surface area contributed by atoms with Crippen molar-refractivity contribution in [3.63, 3.8) is 0 Å². The summed E-state index contributed by atoms with van der Waals surface area (Å²) in [5.41, 5.74) is 1.14. The van der Waals surface area contributed by atoms with Crippen LogP contribution in [0.25, 0.3) is 0 Å². The maximum absolute atomic E-state index is 13.1. The molecule has 0 aromatic heterocycles. The fourth-order valence-electron chi connectivity index (χ4n) is 3.36. The minimum Gasteiger partial charge on any atom is -0.495 e. The number of nitrogens with zero attached hydrogens (tertiary/aromatic N) is 1. The first kappa shape index (κ1) is 21.6. The molecule has 0 spiro atoms. The first-order valence-corrected chi connectivity index (χ1v) is 11.4. The van der Waals surface area contributed by atoms with Gasteiger partial charge in [0.2, 0.25) is 15.9 Å². The van der Waals surface area contributed by atoms with Gasteiger partial charge >= 0.3 is 0 Å². The molecule has 0 unspecified atom stereocenters. The van der Waals surface area contributed by atoms with Crippen molar-refractivity contribution in [3.05, 3.63) is 53.1 Å². The largest absolute Gasteiger partial charge is 0.495 e. The number of methoxy groups -OCH3 is 1. The average Bonchev–Trinajstić information content (AvgIpc) is 3.00.